The number of hydrogen-bond acceptors (Lipinski definition) is 5. The van der Waals surface area contributed by atoms with Gasteiger partial charge in [-0.1, -0.05) is 12.1 Å². The van der Waals surface area contributed by atoms with Crippen LogP contribution in [0.15, 0.2) is 5.16 Å². The standard InChI is InChI=1S/C10H22N4O4S/c1-10(9(11)13-15)3-6-14(7-4-10)19(16,17)12-5-8-18-2/h12,15H,3-8H2,1-2H3,(H2,11,13). The van der Waals surface area contributed by atoms with Gasteiger partial charge in [0.15, 0.2) is 0 Å². The highest BCUT2D eigenvalue weighted by Crippen LogP contribution is 2.31. The number of nitrogens with one attached hydrogen (secondary N) is 1. The largest absolute Gasteiger partial charge is 0.409 e. The molecule has 0 bridgehead atoms. The van der Waals surface area contributed by atoms with Crippen molar-refractivity contribution >= 4 is 16.0 Å². The van der Waals surface area contributed by atoms with Crippen LogP contribution >= 0.6 is 0 Å². The van der Waals surface area contributed by atoms with Crippen molar-refractivity contribution in [3.05, 3.63) is 0 Å². The molecular weight excluding hydrogens is 272 g/mol. The Bertz CT molecular complexity index is 415. The van der Waals surface area contributed by atoms with Gasteiger partial charge < -0.3 is 15.7 Å². The smallest absolute Gasteiger partial charge is 0.279 e. The van der Waals surface area contributed by atoms with Crippen LogP contribution in [-0.2, 0) is 14.9 Å². The minimum atomic E-state index is -3.48. The average molecular weight is 294 g/mol. The number of piperidine rings is 1. The van der Waals surface area contributed by atoms with Gasteiger partial charge in [0, 0.05) is 32.2 Å². The van der Waals surface area contributed by atoms with E-state index in [1.807, 2.05) is 6.92 Å². The maximum absolute atomic E-state index is 12.0. The van der Waals surface area contributed by atoms with E-state index in [1.165, 1.54) is 11.4 Å². The molecule has 1 fully saturated rings. The highest BCUT2D eigenvalue weighted by molar-refractivity contribution is 7.87. The van der Waals surface area contributed by atoms with E-state index in [1.54, 1.807) is 0 Å². The minimum absolute atomic E-state index is 0.150. The molecule has 0 aromatic heterocycles. The summed E-state index contributed by atoms with van der Waals surface area (Å²) in [6, 6.07) is 0. The molecule has 0 aromatic carbocycles. The third kappa shape index (κ3) is 4.03. The lowest BCUT2D eigenvalue weighted by atomic mass is 9.80. The molecule has 0 spiro atoms. The highest BCUT2D eigenvalue weighted by atomic mass is 32.2. The maximum Gasteiger partial charge on any atom is 0.279 e. The van der Waals surface area contributed by atoms with Crippen molar-refractivity contribution < 1.29 is 18.4 Å². The Morgan fingerprint density at radius 3 is 2.58 bits per heavy atom. The van der Waals surface area contributed by atoms with Gasteiger partial charge >= 0.3 is 0 Å². The van der Waals surface area contributed by atoms with Crippen molar-refractivity contribution in [2.45, 2.75) is 19.8 Å². The molecule has 4 N–H and O–H groups in total. The summed E-state index contributed by atoms with van der Waals surface area (Å²) < 4.78 is 32.5. The quantitative estimate of drug-likeness (QED) is 0.197. The third-order valence-electron chi connectivity index (χ3n) is 3.48. The average Bonchev–Trinajstić information content (AvgIpc) is 2.38. The minimum Gasteiger partial charge on any atom is -0.409 e. The maximum atomic E-state index is 12.0. The van der Waals surface area contributed by atoms with Gasteiger partial charge in [0.2, 0.25) is 0 Å². The van der Waals surface area contributed by atoms with Crippen LogP contribution in [0.4, 0.5) is 0 Å². The fourth-order valence-electron chi connectivity index (χ4n) is 1.96. The number of ether oxygens (including phenoxy) is 1. The van der Waals surface area contributed by atoms with Crippen molar-refractivity contribution in [1.82, 2.24) is 9.03 Å². The molecule has 1 aliphatic rings. The number of methoxy groups -OCH3 is 1. The first-order valence-corrected chi connectivity index (χ1v) is 7.51. The lowest BCUT2D eigenvalue weighted by Gasteiger charge is -2.37. The normalized spacial score (nSPS) is 21.5. The fraction of sp³-hybridized carbons (Fsp3) is 0.900. The van der Waals surface area contributed by atoms with Crippen LogP contribution in [0.25, 0.3) is 0 Å². The molecule has 0 radical (unpaired) electrons. The Morgan fingerprint density at radius 2 is 2.11 bits per heavy atom. The summed E-state index contributed by atoms with van der Waals surface area (Å²) in [5, 5.41) is 11.8. The number of nitrogens with two attached hydrogens (primary N) is 1. The van der Waals surface area contributed by atoms with E-state index in [2.05, 4.69) is 9.88 Å². The summed E-state index contributed by atoms with van der Waals surface area (Å²) in [6.07, 6.45) is 1.04. The molecule has 0 aromatic rings. The number of nitrogens with zero attached hydrogens (tertiary/aromatic N) is 2. The summed E-state index contributed by atoms with van der Waals surface area (Å²) >= 11 is 0. The summed E-state index contributed by atoms with van der Waals surface area (Å²) in [4.78, 5) is 0. The van der Waals surface area contributed by atoms with Gasteiger partial charge in [-0.05, 0) is 12.8 Å². The summed E-state index contributed by atoms with van der Waals surface area (Å²) in [5.41, 5.74) is 5.18. The SMILES string of the molecule is COCCNS(=O)(=O)N1CCC(C)(C(N)=NO)CC1. The van der Waals surface area contributed by atoms with E-state index in [0.717, 1.165) is 0 Å². The molecule has 1 saturated heterocycles. The topological polar surface area (TPSA) is 117 Å². The molecule has 0 saturated carbocycles. The van der Waals surface area contributed by atoms with Gasteiger partial charge in [-0.2, -0.15) is 17.4 Å². The fourth-order valence-corrected chi connectivity index (χ4v) is 3.15. The molecule has 0 aliphatic carbocycles. The Hall–Kier alpha value is -0.900. The van der Waals surface area contributed by atoms with E-state index in [0.29, 0.717) is 32.5 Å². The van der Waals surface area contributed by atoms with Gasteiger partial charge in [0.1, 0.15) is 5.84 Å². The lowest BCUT2D eigenvalue weighted by molar-refractivity contribution is 0.201. The molecule has 1 rings (SSSR count). The van der Waals surface area contributed by atoms with Crippen molar-refractivity contribution in [3.8, 4) is 0 Å². The van der Waals surface area contributed by atoms with Crippen LogP contribution in [0.5, 0.6) is 0 Å². The molecule has 0 atom stereocenters. The summed E-state index contributed by atoms with van der Waals surface area (Å²) in [7, 11) is -1.97. The van der Waals surface area contributed by atoms with E-state index in [4.69, 9.17) is 15.7 Å². The van der Waals surface area contributed by atoms with Gasteiger partial charge in [-0.15, -0.1) is 0 Å². The molecular formula is C10H22N4O4S. The monoisotopic (exact) mass is 294 g/mol. The highest BCUT2D eigenvalue weighted by Gasteiger charge is 2.37. The van der Waals surface area contributed by atoms with Crippen LogP contribution in [0.2, 0.25) is 0 Å². The molecule has 112 valence electrons. The van der Waals surface area contributed by atoms with Crippen LogP contribution in [0.1, 0.15) is 19.8 Å². The van der Waals surface area contributed by atoms with E-state index in [9.17, 15) is 8.42 Å². The van der Waals surface area contributed by atoms with Crippen LogP contribution in [0, 0.1) is 5.41 Å². The van der Waals surface area contributed by atoms with E-state index < -0.39 is 15.6 Å². The Kier molecular flexibility index (Phi) is 5.53. The molecule has 9 heteroatoms. The third-order valence-corrected chi connectivity index (χ3v) is 5.10. The van der Waals surface area contributed by atoms with E-state index >= 15 is 0 Å². The first kappa shape index (κ1) is 16.2. The van der Waals surface area contributed by atoms with Crippen molar-refractivity contribution in [2.75, 3.05) is 33.4 Å². The molecule has 1 heterocycles. The second-order valence-electron chi connectivity index (χ2n) is 4.84. The van der Waals surface area contributed by atoms with Crippen LogP contribution in [-0.4, -0.2) is 57.1 Å². The van der Waals surface area contributed by atoms with E-state index in [-0.39, 0.29) is 12.4 Å². The second-order valence-corrected chi connectivity index (χ2v) is 6.59. The van der Waals surface area contributed by atoms with Crippen molar-refractivity contribution in [3.63, 3.8) is 0 Å². The first-order valence-electron chi connectivity index (χ1n) is 6.07. The molecule has 8 nitrogen and oxygen atoms in total. The Labute approximate surface area is 113 Å². The lowest BCUT2D eigenvalue weighted by Crippen LogP contribution is -2.50. The Morgan fingerprint density at radius 1 is 1.53 bits per heavy atom. The molecule has 0 unspecified atom stereocenters. The van der Waals surface area contributed by atoms with Gasteiger partial charge in [-0.25, -0.2) is 0 Å². The Balaban J connectivity index is 2.58. The van der Waals surface area contributed by atoms with Gasteiger partial charge in [-0.3, -0.25) is 0 Å². The molecule has 19 heavy (non-hydrogen) atoms. The van der Waals surface area contributed by atoms with Gasteiger partial charge in [0.05, 0.1) is 6.61 Å². The summed E-state index contributed by atoms with van der Waals surface area (Å²) in [5.74, 6) is 0.150. The second kappa shape index (κ2) is 6.51. The van der Waals surface area contributed by atoms with Crippen molar-refractivity contribution in [1.29, 1.82) is 0 Å². The molecule has 0 amide bonds. The van der Waals surface area contributed by atoms with Crippen LogP contribution < -0.4 is 10.5 Å². The zero-order valence-corrected chi connectivity index (χ0v) is 12.1. The zero-order valence-electron chi connectivity index (χ0n) is 11.3. The zero-order chi connectivity index (χ0) is 14.5. The van der Waals surface area contributed by atoms with Gasteiger partial charge in [0.25, 0.3) is 10.2 Å². The number of oxime groups is 1. The number of rotatable bonds is 6. The predicted octanol–water partition coefficient (Wildman–Crippen LogP) is -0.684. The van der Waals surface area contributed by atoms with Crippen molar-refractivity contribution in [2.24, 2.45) is 16.3 Å². The number of amidine groups is 1. The van der Waals surface area contributed by atoms with Crippen LogP contribution in [0.3, 0.4) is 0 Å². The first-order chi connectivity index (χ1) is 8.85. The summed E-state index contributed by atoms with van der Waals surface area (Å²) in [6.45, 7) is 3.12. The molecule has 1 aliphatic heterocycles. The predicted molar refractivity (Wildman–Crippen MR) is 71.1 cm³/mol. The number of hydrogen-bond donors (Lipinski definition) is 3.